The maximum atomic E-state index is 13.0. The Morgan fingerprint density at radius 3 is 2.71 bits per heavy atom. The fourth-order valence-electron chi connectivity index (χ4n) is 3.53. The molecule has 1 atom stereocenters. The zero-order chi connectivity index (χ0) is 22.0. The Kier molecular flexibility index (Phi) is 5.97. The van der Waals surface area contributed by atoms with E-state index in [1.54, 1.807) is 18.2 Å². The number of carbonyl (C=O) groups is 1. The maximum absolute atomic E-state index is 13.0. The number of amides is 1. The third kappa shape index (κ3) is 5.05. The van der Waals surface area contributed by atoms with Crippen LogP contribution in [0, 0.1) is 0 Å². The molecule has 1 aliphatic heterocycles. The molecule has 1 fully saturated rings. The Morgan fingerprint density at radius 2 is 2.00 bits per heavy atom. The van der Waals surface area contributed by atoms with Crippen LogP contribution in [0.3, 0.4) is 0 Å². The van der Waals surface area contributed by atoms with Gasteiger partial charge in [0.25, 0.3) is 11.8 Å². The van der Waals surface area contributed by atoms with E-state index in [0.717, 1.165) is 5.56 Å². The third-order valence-corrected chi connectivity index (χ3v) is 7.00. The third-order valence-electron chi connectivity index (χ3n) is 5.00. The van der Waals surface area contributed by atoms with Crippen LogP contribution in [0.2, 0.25) is 5.02 Å². The van der Waals surface area contributed by atoms with Gasteiger partial charge in [-0.25, -0.2) is 13.4 Å². The monoisotopic (exact) mass is 461 g/mol. The van der Waals surface area contributed by atoms with Crippen LogP contribution >= 0.6 is 11.6 Å². The number of hydrogen-bond acceptors (Lipinski definition) is 6. The number of carbonyl (C=O) groups excluding carboxylic acids is 1. The van der Waals surface area contributed by atoms with Crippen LogP contribution in [0.25, 0.3) is 11.0 Å². The van der Waals surface area contributed by atoms with Crippen molar-refractivity contribution in [3.8, 4) is 5.88 Å². The van der Waals surface area contributed by atoms with E-state index in [-0.39, 0.29) is 17.4 Å². The van der Waals surface area contributed by atoms with Gasteiger partial charge in [0.2, 0.25) is 0 Å². The van der Waals surface area contributed by atoms with Gasteiger partial charge in [-0.3, -0.25) is 14.2 Å². The lowest BCUT2D eigenvalue weighted by atomic mass is 10.2. The molecule has 0 radical (unpaired) electrons. The SMILES string of the molecule is O=C(COc1nc2cc(Cl)ccc2n(Cc2ccccc2)c1=O)N[C@H]1CCS(=O)(=O)C1. The summed E-state index contributed by atoms with van der Waals surface area (Å²) in [4.78, 5) is 29.5. The van der Waals surface area contributed by atoms with Gasteiger partial charge in [-0.05, 0) is 30.2 Å². The summed E-state index contributed by atoms with van der Waals surface area (Å²) in [6.07, 6.45) is 0.366. The van der Waals surface area contributed by atoms with E-state index in [2.05, 4.69) is 10.3 Å². The second-order valence-electron chi connectivity index (χ2n) is 7.38. The lowest BCUT2D eigenvalue weighted by Gasteiger charge is -2.14. The van der Waals surface area contributed by atoms with Gasteiger partial charge in [-0.1, -0.05) is 41.9 Å². The first-order valence-corrected chi connectivity index (χ1v) is 11.9. The van der Waals surface area contributed by atoms with Gasteiger partial charge in [0.15, 0.2) is 16.4 Å². The summed E-state index contributed by atoms with van der Waals surface area (Å²) in [5.41, 5.74) is 1.49. The standard InChI is InChI=1S/C21H20ClN3O5S/c22-15-6-7-18-17(10-15)24-20(21(27)25(18)11-14-4-2-1-3-5-14)30-12-19(26)23-16-8-9-31(28,29)13-16/h1-7,10,16H,8-9,11-13H2,(H,23,26)/t16-/m0/s1. The summed E-state index contributed by atoms with van der Waals surface area (Å²) < 4.78 is 30.0. The van der Waals surface area contributed by atoms with Gasteiger partial charge in [-0.2, -0.15) is 0 Å². The predicted octanol–water partition coefficient (Wildman–Crippen LogP) is 1.78. The molecule has 8 nitrogen and oxygen atoms in total. The van der Waals surface area contributed by atoms with Crippen molar-refractivity contribution in [1.82, 2.24) is 14.9 Å². The van der Waals surface area contributed by atoms with E-state index in [0.29, 0.717) is 29.0 Å². The van der Waals surface area contributed by atoms with Crippen LogP contribution in [0.1, 0.15) is 12.0 Å². The molecule has 10 heteroatoms. The van der Waals surface area contributed by atoms with Crippen LogP contribution in [0.5, 0.6) is 5.88 Å². The normalized spacial score (nSPS) is 17.5. The van der Waals surface area contributed by atoms with Crippen molar-refractivity contribution in [2.45, 2.75) is 19.0 Å². The number of rotatable bonds is 6. The van der Waals surface area contributed by atoms with Crippen molar-refractivity contribution >= 4 is 38.4 Å². The second-order valence-corrected chi connectivity index (χ2v) is 10.0. The second kappa shape index (κ2) is 8.68. The van der Waals surface area contributed by atoms with Gasteiger partial charge in [0.1, 0.15) is 0 Å². The molecule has 3 aromatic rings. The summed E-state index contributed by atoms with van der Waals surface area (Å²) in [6, 6.07) is 14.0. The molecule has 1 aliphatic rings. The molecule has 0 saturated carbocycles. The molecule has 0 unspecified atom stereocenters. The number of nitrogens with one attached hydrogen (secondary N) is 1. The minimum atomic E-state index is -3.11. The Morgan fingerprint density at radius 1 is 1.23 bits per heavy atom. The molecule has 2 heterocycles. The highest BCUT2D eigenvalue weighted by atomic mass is 35.5. The van der Waals surface area contributed by atoms with Gasteiger partial charge < -0.3 is 10.1 Å². The number of hydrogen-bond donors (Lipinski definition) is 1. The van der Waals surface area contributed by atoms with Crippen LogP contribution in [-0.4, -0.2) is 48.0 Å². The van der Waals surface area contributed by atoms with Crippen molar-refractivity contribution in [3.63, 3.8) is 0 Å². The quantitative estimate of drug-likeness (QED) is 0.599. The highest BCUT2D eigenvalue weighted by Gasteiger charge is 2.29. The minimum Gasteiger partial charge on any atom is -0.464 e. The molecule has 1 saturated heterocycles. The average molecular weight is 462 g/mol. The van der Waals surface area contributed by atoms with Crippen molar-refractivity contribution in [3.05, 3.63) is 69.5 Å². The molecule has 0 spiro atoms. The number of sulfone groups is 1. The zero-order valence-corrected chi connectivity index (χ0v) is 18.0. The minimum absolute atomic E-state index is 0.0516. The number of benzene rings is 2. The van der Waals surface area contributed by atoms with Gasteiger partial charge >= 0.3 is 5.56 Å². The molecular weight excluding hydrogens is 442 g/mol. The molecular formula is C21H20ClN3O5S. The average Bonchev–Trinajstić information content (AvgIpc) is 3.07. The first-order chi connectivity index (χ1) is 14.8. The Labute approximate surface area is 183 Å². The number of ether oxygens (including phenoxy) is 1. The summed E-state index contributed by atoms with van der Waals surface area (Å²) in [6.45, 7) is -0.154. The van der Waals surface area contributed by atoms with Crippen molar-refractivity contribution < 1.29 is 17.9 Å². The highest BCUT2D eigenvalue weighted by Crippen LogP contribution is 2.19. The Bertz CT molecular complexity index is 1290. The summed E-state index contributed by atoms with van der Waals surface area (Å²) in [5.74, 6) is -0.769. The molecule has 0 aliphatic carbocycles. The molecule has 0 bridgehead atoms. The topological polar surface area (TPSA) is 107 Å². The van der Waals surface area contributed by atoms with Crippen molar-refractivity contribution in [2.24, 2.45) is 0 Å². The zero-order valence-electron chi connectivity index (χ0n) is 16.5. The van der Waals surface area contributed by atoms with E-state index in [1.165, 1.54) is 4.57 Å². The van der Waals surface area contributed by atoms with Crippen LogP contribution in [0.4, 0.5) is 0 Å². The number of halogens is 1. The first kappa shape index (κ1) is 21.3. The highest BCUT2D eigenvalue weighted by molar-refractivity contribution is 7.91. The molecule has 4 rings (SSSR count). The summed E-state index contributed by atoms with van der Waals surface area (Å²) >= 11 is 6.09. The summed E-state index contributed by atoms with van der Waals surface area (Å²) in [5, 5.41) is 3.08. The van der Waals surface area contributed by atoms with Crippen LogP contribution < -0.4 is 15.6 Å². The first-order valence-electron chi connectivity index (χ1n) is 9.67. The van der Waals surface area contributed by atoms with Gasteiger partial charge in [0, 0.05) is 11.1 Å². The fraction of sp³-hybridized carbons (Fsp3) is 0.286. The van der Waals surface area contributed by atoms with Crippen LogP contribution in [-0.2, 0) is 21.2 Å². The Balaban J connectivity index is 1.58. The lowest BCUT2D eigenvalue weighted by Crippen LogP contribution is -2.39. The smallest absolute Gasteiger partial charge is 0.314 e. The van der Waals surface area contributed by atoms with E-state index < -0.39 is 34.0 Å². The van der Waals surface area contributed by atoms with Crippen LogP contribution in [0.15, 0.2) is 53.3 Å². The predicted molar refractivity (Wildman–Crippen MR) is 117 cm³/mol. The van der Waals surface area contributed by atoms with Crippen molar-refractivity contribution in [2.75, 3.05) is 18.1 Å². The molecule has 1 aromatic heterocycles. The largest absolute Gasteiger partial charge is 0.464 e. The molecule has 2 aromatic carbocycles. The fourth-order valence-corrected chi connectivity index (χ4v) is 5.37. The Hall–Kier alpha value is -2.91. The van der Waals surface area contributed by atoms with E-state index >= 15 is 0 Å². The maximum Gasteiger partial charge on any atom is 0.314 e. The van der Waals surface area contributed by atoms with Gasteiger partial charge in [-0.15, -0.1) is 0 Å². The number of fused-ring (bicyclic) bond motifs is 1. The van der Waals surface area contributed by atoms with E-state index in [1.807, 2.05) is 30.3 Å². The number of aromatic nitrogens is 2. The molecule has 1 N–H and O–H groups in total. The summed E-state index contributed by atoms with van der Waals surface area (Å²) in [7, 11) is -3.11. The van der Waals surface area contributed by atoms with Gasteiger partial charge in [0.05, 0.1) is 29.1 Å². The van der Waals surface area contributed by atoms with E-state index in [4.69, 9.17) is 16.3 Å². The molecule has 1 amide bonds. The molecule has 162 valence electrons. The van der Waals surface area contributed by atoms with E-state index in [9.17, 15) is 18.0 Å². The lowest BCUT2D eigenvalue weighted by molar-refractivity contribution is -0.123. The molecule has 31 heavy (non-hydrogen) atoms. The van der Waals surface area contributed by atoms with Crippen molar-refractivity contribution in [1.29, 1.82) is 0 Å². The number of nitrogens with zero attached hydrogens (tertiary/aromatic N) is 2.